The quantitative estimate of drug-likeness (QED) is 0.672. The van der Waals surface area contributed by atoms with Gasteiger partial charge in [-0.3, -0.25) is 0 Å². The number of carboxylic acids is 1. The highest BCUT2D eigenvalue weighted by Gasteiger charge is 2.10. The third-order valence-corrected chi connectivity index (χ3v) is 3.98. The van der Waals surface area contributed by atoms with Crippen LogP contribution < -0.4 is 5.32 Å². The van der Waals surface area contributed by atoms with E-state index in [0.29, 0.717) is 11.4 Å². The van der Waals surface area contributed by atoms with Gasteiger partial charge in [0.05, 0.1) is 6.61 Å². The standard InChI is InChI=1S/C13H22N2O3S/c1-10-11(8-12(19-10)13(16)17)9-14-4-5-15(2)6-7-18-3/h8,14H,4-7,9H2,1-3H3,(H,16,17). The number of nitrogens with zero attached hydrogens (tertiary/aromatic N) is 1. The van der Waals surface area contributed by atoms with Crippen molar-refractivity contribution < 1.29 is 14.6 Å². The van der Waals surface area contributed by atoms with Crippen LogP contribution >= 0.6 is 11.3 Å². The number of likely N-dealkylation sites (N-methyl/N-ethyl adjacent to an activating group) is 1. The van der Waals surface area contributed by atoms with E-state index >= 15 is 0 Å². The average molecular weight is 286 g/mol. The lowest BCUT2D eigenvalue weighted by Gasteiger charge is -2.16. The normalized spacial score (nSPS) is 11.2. The minimum absolute atomic E-state index is 0.409. The topological polar surface area (TPSA) is 61.8 Å². The minimum atomic E-state index is -0.848. The van der Waals surface area contributed by atoms with Gasteiger partial charge in [0, 0.05) is 38.2 Å². The molecular formula is C13H22N2O3S. The van der Waals surface area contributed by atoms with Gasteiger partial charge in [-0.2, -0.15) is 0 Å². The number of hydrogen-bond acceptors (Lipinski definition) is 5. The summed E-state index contributed by atoms with van der Waals surface area (Å²) in [6, 6.07) is 1.75. The van der Waals surface area contributed by atoms with E-state index in [9.17, 15) is 4.79 Å². The Kier molecular flexibility index (Phi) is 7.01. The number of methoxy groups -OCH3 is 1. The van der Waals surface area contributed by atoms with Crippen LogP contribution in [-0.4, -0.2) is 56.4 Å². The molecule has 0 aliphatic heterocycles. The molecule has 2 N–H and O–H groups in total. The first-order chi connectivity index (χ1) is 9.04. The predicted octanol–water partition coefficient (Wildman–Crippen LogP) is 1.42. The zero-order chi connectivity index (χ0) is 14.3. The fraction of sp³-hybridized carbons (Fsp3) is 0.615. The molecule has 0 aromatic carbocycles. The molecule has 5 nitrogen and oxygen atoms in total. The van der Waals surface area contributed by atoms with Gasteiger partial charge in [-0.25, -0.2) is 4.79 Å². The van der Waals surface area contributed by atoms with Crippen molar-refractivity contribution in [2.75, 3.05) is 40.4 Å². The number of hydrogen-bond donors (Lipinski definition) is 2. The van der Waals surface area contributed by atoms with Crippen LogP contribution in [0.3, 0.4) is 0 Å². The number of rotatable bonds is 9. The molecule has 19 heavy (non-hydrogen) atoms. The molecule has 0 unspecified atom stereocenters. The second-order valence-electron chi connectivity index (χ2n) is 4.47. The molecule has 6 heteroatoms. The van der Waals surface area contributed by atoms with Gasteiger partial charge in [0.15, 0.2) is 0 Å². The van der Waals surface area contributed by atoms with E-state index < -0.39 is 5.97 Å². The number of ether oxygens (including phenoxy) is 1. The van der Waals surface area contributed by atoms with Crippen molar-refractivity contribution in [3.8, 4) is 0 Å². The number of nitrogens with one attached hydrogen (secondary N) is 1. The third kappa shape index (κ3) is 5.69. The Bertz CT molecular complexity index is 407. The molecule has 1 aromatic rings. The fourth-order valence-corrected chi connectivity index (χ4v) is 2.53. The lowest BCUT2D eigenvalue weighted by atomic mass is 10.2. The van der Waals surface area contributed by atoms with Crippen LogP contribution in [0.15, 0.2) is 6.07 Å². The molecule has 1 aromatic heterocycles. The summed E-state index contributed by atoms with van der Waals surface area (Å²) in [4.78, 5) is 14.5. The zero-order valence-electron chi connectivity index (χ0n) is 11.7. The highest BCUT2D eigenvalue weighted by Crippen LogP contribution is 2.21. The van der Waals surface area contributed by atoms with Gasteiger partial charge in [-0.05, 0) is 25.6 Å². The second kappa shape index (κ2) is 8.27. The van der Waals surface area contributed by atoms with Crippen molar-refractivity contribution in [1.29, 1.82) is 0 Å². The second-order valence-corrected chi connectivity index (χ2v) is 5.73. The predicted molar refractivity (Wildman–Crippen MR) is 77.1 cm³/mol. The van der Waals surface area contributed by atoms with Crippen LogP contribution in [0.1, 0.15) is 20.1 Å². The Hall–Kier alpha value is -0.950. The molecule has 0 fully saturated rings. The number of thiophene rings is 1. The SMILES string of the molecule is COCCN(C)CCNCc1cc(C(=O)O)sc1C. The van der Waals surface area contributed by atoms with Crippen LogP contribution in [-0.2, 0) is 11.3 Å². The molecule has 0 aliphatic carbocycles. The number of aromatic carboxylic acids is 1. The zero-order valence-corrected chi connectivity index (χ0v) is 12.5. The van der Waals surface area contributed by atoms with E-state index in [1.54, 1.807) is 13.2 Å². The number of carboxylic acid groups (broad SMARTS) is 1. The molecule has 1 rings (SSSR count). The maximum atomic E-state index is 10.9. The van der Waals surface area contributed by atoms with Gasteiger partial charge in [0.2, 0.25) is 0 Å². The van der Waals surface area contributed by atoms with Gasteiger partial charge in [0.1, 0.15) is 4.88 Å². The molecule has 0 bridgehead atoms. The van der Waals surface area contributed by atoms with E-state index in [-0.39, 0.29) is 0 Å². The lowest BCUT2D eigenvalue weighted by molar-refractivity contribution is 0.0702. The van der Waals surface area contributed by atoms with Gasteiger partial charge in [-0.15, -0.1) is 11.3 Å². The van der Waals surface area contributed by atoms with Gasteiger partial charge in [0.25, 0.3) is 0 Å². The molecule has 0 spiro atoms. The fourth-order valence-electron chi connectivity index (χ4n) is 1.65. The Morgan fingerprint density at radius 1 is 1.53 bits per heavy atom. The largest absolute Gasteiger partial charge is 0.477 e. The summed E-state index contributed by atoms with van der Waals surface area (Å²) < 4.78 is 5.01. The summed E-state index contributed by atoms with van der Waals surface area (Å²) in [6.45, 7) is 6.14. The Balaban J connectivity index is 2.27. The first kappa shape index (κ1) is 16.1. The Morgan fingerprint density at radius 2 is 2.26 bits per heavy atom. The van der Waals surface area contributed by atoms with Crippen molar-refractivity contribution in [3.05, 3.63) is 21.4 Å². The summed E-state index contributed by atoms with van der Waals surface area (Å²) in [6.07, 6.45) is 0. The molecule has 0 aliphatic rings. The van der Waals surface area contributed by atoms with Crippen LogP contribution in [0.4, 0.5) is 0 Å². The Morgan fingerprint density at radius 3 is 2.84 bits per heavy atom. The van der Waals surface area contributed by atoms with E-state index in [0.717, 1.165) is 36.7 Å². The third-order valence-electron chi connectivity index (χ3n) is 2.89. The van der Waals surface area contributed by atoms with Gasteiger partial charge < -0.3 is 20.1 Å². The highest BCUT2D eigenvalue weighted by atomic mass is 32.1. The molecule has 108 valence electrons. The maximum absolute atomic E-state index is 10.9. The number of aryl methyl sites for hydroxylation is 1. The lowest BCUT2D eigenvalue weighted by Crippen LogP contribution is -2.31. The van der Waals surface area contributed by atoms with Crippen molar-refractivity contribution in [2.24, 2.45) is 0 Å². The minimum Gasteiger partial charge on any atom is -0.477 e. The molecule has 0 saturated heterocycles. The Labute approximate surface area is 118 Å². The highest BCUT2D eigenvalue weighted by molar-refractivity contribution is 7.14. The van der Waals surface area contributed by atoms with Gasteiger partial charge in [-0.1, -0.05) is 0 Å². The molecule has 0 atom stereocenters. The van der Waals surface area contributed by atoms with Crippen LogP contribution in [0, 0.1) is 6.92 Å². The van der Waals surface area contributed by atoms with Gasteiger partial charge >= 0.3 is 5.97 Å². The summed E-state index contributed by atoms with van der Waals surface area (Å²) >= 11 is 1.33. The van der Waals surface area contributed by atoms with Crippen LogP contribution in [0.25, 0.3) is 0 Å². The summed E-state index contributed by atoms with van der Waals surface area (Å²) in [5.41, 5.74) is 1.07. The first-order valence-corrected chi connectivity index (χ1v) is 7.07. The van der Waals surface area contributed by atoms with E-state index in [2.05, 4.69) is 17.3 Å². The average Bonchev–Trinajstić information content (AvgIpc) is 2.74. The monoisotopic (exact) mass is 286 g/mol. The summed E-state index contributed by atoms with van der Waals surface area (Å²) in [5, 5.41) is 12.3. The molecular weight excluding hydrogens is 264 g/mol. The molecule has 1 heterocycles. The first-order valence-electron chi connectivity index (χ1n) is 6.25. The van der Waals surface area contributed by atoms with Crippen molar-refractivity contribution >= 4 is 17.3 Å². The summed E-state index contributed by atoms with van der Waals surface area (Å²) in [7, 11) is 3.75. The van der Waals surface area contributed by atoms with Crippen molar-refractivity contribution in [3.63, 3.8) is 0 Å². The van der Waals surface area contributed by atoms with E-state index in [4.69, 9.17) is 9.84 Å². The van der Waals surface area contributed by atoms with Crippen molar-refractivity contribution in [2.45, 2.75) is 13.5 Å². The molecule has 0 radical (unpaired) electrons. The number of carbonyl (C=O) groups is 1. The molecule has 0 saturated carbocycles. The maximum Gasteiger partial charge on any atom is 0.345 e. The van der Waals surface area contributed by atoms with E-state index in [1.165, 1.54) is 11.3 Å². The molecule has 0 amide bonds. The van der Waals surface area contributed by atoms with Crippen LogP contribution in [0.5, 0.6) is 0 Å². The summed E-state index contributed by atoms with van der Waals surface area (Å²) in [5.74, 6) is -0.848. The van der Waals surface area contributed by atoms with Crippen LogP contribution in [0.2, 0.25) is 0 Å². The smallest absolute Gasteiger partial charge is 0.345 e. The van der Waals surface area contributed by atoms with E-state index in [1.807, 2.05) is 6.92 Å². The van der Waals surface area contributed by atoms with Crippen molar-refractivity contribution in [1.82, 2.24) is 10.2 Å².